The molecule has 1 amide bonds. The minimum atomic E-state index is -1.18. The van der Waals surface area contributed by atoms with E-state index in [2.05, 4.69) is 10.4 Å². The summed E-state index contributed by atoms with van der Waals surface area (Å²) in [5, 5.41) is 18.2. The third-order valence-corrected chi connectivity index (χ3v) is 5.09. The van der Waals surface area contributed by atoms with E-state index in [-0.39, 0.29) is 11.4 Å². The van der Waals surface area contributed by atoms with Crippen molar-refractivity contribution in [3.63, 3.8) is 0 Å². The highest BCUT2D eigenvalue weighted by atomic mass is 35.5. The number of hydrogen-bond donors (Lipinski definition) is 1. The van der Waals surface area contributed by atoms with E-state index in [1.165, 1.54) is 31.2 Å². The fourth-order valence-electron chi connectivity index (χ4n) is 3.01. The average Bonchev–Trinajstić information content (AvgIpc) is 3.05. The van der Waals surface area contributed by atoms with Crippen LogP contribution in [0.3, 0.4) is 0 Å². The van der Waals surface area contributed by atoms with Crippen molar-refractivity contribution in [2.75, 3.05) is 5.32 Å². The van der Waals surface area contributed by atoms with Crippen LogP contribution < -0.4 is 5.32 Å². The summed E-state index contributed by atoms with van der Waals surface area (Å²) in [4.78, 5) is 35.0. The highest BCUT2D eigenvalue weighted by Crippen LogP contribution is 2.24. The maximum atomic E-state index is 12.3. The molecular formula is C23H21ClN4O5. The second-order valence-corrected chi connectivity index (χ2v) is 7.47. The molecule has 3 aromatic rings. The number of nitro groups is 1. The Morgan fingerprint density at radius 3 is 2.58 bits per heavy atom. The fourth-order valence-corrected chi connectivity index (χ4v) is 3.31. The van der Waals surface area contributed by atoms with E-state index < -0.39 is 22.9 Å². The van der Waals surface area contributed by atoms with Gasteiger partial charge in [-0.3, -0.25) is 14.9 Å². The zero-order valence-corrected chi connectivity index (χ0v) is 18.7. The molecule has 1 N–H and O–H groups in total. The first kappa shape index (κ1) is 23.7. The molecule has 0 bridgehead atoms. The molecule has 0 fully saturated rings. The molecule has 0 radical (unpaired) electrons. The summed E-state index contributed by atoms with van der Waals surface area (Å²) in [6.07, 6.45) is 1.44. The first-order chi connectivity index (χ1) is 15.8. The maximum Gasteiger partial charge on any atom is 0.331 e. The molecule has 9 nitrogen and oxygen atoms in total. The van der Waals surface area contributed by atoms with Gasteiger partial charge < -0.3 is 10.1 Å². The number of aromatic nitrogens is 2. The number of benzene rings is 2. The summed E-state index contributed by atoms with van der Waals surface area (Å²) >= 11 is 6.43. The molecule has 0 saturated heterocycles. The van der Waals surface area contributed by atoms with Gasteiger partial charge in [0, 0.05) is 17.7 Å². The Labute approximate surface area is 194 Å². The number of nitrogens with one attached hydrogen (secondary N) is 1. The molecule has 0 aliphatic rings. The summed E-state index contributed by atoms with van der Waals surface area (Å²) < 4.78 is 6.74. The van der Waals surface area contributed by atoms with E-state index in [9.17, 15) is 19.7 Å². The van der Waals surface area contributed by atoms with E-state index >= 15 is 0 Å². The first-order valence-electron chi connectivity index (χ1n) is 9.96. The largest absolute Gasteiger partial charge is 0.449 e. The maximum absolute atomic E-state index is 12.3. The first-order valence-corrected chi connectivity index (χ1v) is 10.3. The van der Waals surface area contributed by atoms with Crippen LogP contribution in [0.2, 0.25) is 5.15 Å². The number of anilines is 1. The van der Waals surface area contributed by atoms with Crippen LogP contribution in [0.25, 0.3) is 6.08 Å². The van der Waals surface area contributed by atoms with Gasteiger partial charge in [0.2, 0.25) is 0 Å². The third kappa shape index (κ3) is 6.05. The summed E-state index contributed by atoms with van der Waals surface area (Å²) in [6, 6.07) is 15.4. The van der Waals surface area contributed by atoms with Crippen LogP contribution in [-0.4, -0.2) is 32.7 Å². The van der Waals surface area contributed by atoms with Crippen LogP contribution in [0, 0.1) is 17.0 Å². The molecule has 0 saturated carbocycles. The van der Waals surface area contributed by atoms with Crippen molar-refractivity contribution in [3.8, 4) is 0 Å². The van der Waals surface area contributed by atoms with Gasteiger partial charge in [-0.15, -0.1) is 0 Å². The lowest BCUT2D eigenvalue weighted by Gasteiger charge is -2.12. The number of esters is 1. The number of para-hydroxylation sites is 2. The van der Waals surface area contributed by atoms with Gasteiger partial charge in [-0.25, -0.2) is 9.48 Å². The Bertz CT molecular complexity index is 1210. The van der Waals surface area contributed by atoms with Gasteiger partial charge in [0.25, 0.3) is 11.6 Å². The van der Waals surface area contributed by atoms with Crippen LogP contribution in [0.1, 0.15) is 23.7 Å². The Morgan fingerprint density at radius 2 is 1.88 bits per heavy atom. The number of carbonyl (C=O) groups excluding carboxylic acids is 2. The molecule has 0 spiro atoms. The van der Waals surface area contributed by atoms with Crippen molar-refractivity contribution in [2.24, 2.45) is 0 Å². The fraction of sp³-hybridized carbons (Fsp3) is 0.174. The predicted molar refractivity (Wildman–Crippen MR) is 124 cm³/mol. The Hall–Kier alpha value is -3.98. The molecule has 170 valence electrons. The minimum absolute atomic E-state index is 0.0131. The van der Waals surface area contributed by atoms with E-state index in [4.69, 9.17) is 16.3 Å². The minimum Gasteiger partial charge on any atom is -0.449 e. The highest BCUT2D eigenvalue weighted by Gasteiger charge is 2.21. The summed E-state index contributed by atoms with van der Waals surface area (Å²) in [7, 11) is 0. The SMILES string of the molecule is Cc1nn(Cc2ccccc2)c(Cl)c1/C=C/C(=O)OC(C)C(=O)Nc1ccccc1[N+](=O)[O-]. The van der Waals surface area contributed by atoms with E-state index in [0.717, 1.165) is 11.6 Å². The summed E-state index contributed by atoms with van der Waals surface area (Å²) in [5.74, 6) is -1.47. The van der Waals surface area contributed by atoms with Crippen LogP contribution in [0.4, 0.5) is 11.4 Å². The molecule has 1 aromatic heterocycles. The van der Waals surface area contributed by atoms with Gasteiger partial charge in [0.1, 0.15) is 10.8 Å². The molecule has 0 aliphatic heterocycles. The van der Waals surface area contributed by atoms with Gasteiger partial charge >= 0.3 is 5.97 Å². The van der Waals surface area contributed by atoms with Crippen molar-refractivity contribution in [1.29, 1.82) is 0 Å². The van der Waals surface area contributed by atoms with Crippen LogP contribution in [0.15, 0.2) is 60.7 Å². The van der Waals surface area contributed by atoms with Crippen molar-refractivity contribution in [1.82, 2.24) is 9.78 Å². The van der Waals surface area contributed by atoms with Crippen molar-refractivity contribution in [3.05, 3.63) is 92.8 Å². The predicted octanol–water partition coefficient (Wildman–Crippen LogP) is 4.39. The molecule has 1 unspecified atom stereocenters. The smallest absolute Gasteiger partial charge is 0.331 e. The van der Waals surface area contributed by atoms with Crippen LogP contribution in [0.5, 0.6) is 0 Å². The third-order valence-electron chi connectivity index (χ3n) is 4.69. The second kappa shape index (κ2) is 10.6. The molecule has 1 heterocycles. The van der Waals surface area contributed by atoms with E-state index in [1.807, 2.05) is 30.3 Å². The molecular weight excluding hydrogens is 448 g/mol. The van der Waals surface area contributed by atoms with Crippen molar-refractivity contribution in [2.45, 2.75) is 26.5 Å². The number of rotatable bonds is 8. The summed E-state index contributed by atoms with van der Waals surface area (Å²) in [6.45, 7) is 3.61. The number of amides is 1. The lowest BCUT2D eigenvalue weighted by molar-refractivity contribution is -0.383. The number of nitrogens with zero attached hydrogens (tertiary/aromatic N) is 3. The van der Waals surface area contributed by atoms with Gasteiger partial charge in [0.15, 0.2) is 6.10 Å². The molecule has 3 rings (SSSR count). The summed E-state index contributed by atoms with van der Waals surface area (Å²) in [5.41, 5.74) is 1.96. The normalized spacial score (nSPS) is 11.8. The standard InChI is InChI=1S/C23H21ClN4O5/c1-15-18(22(24)27(26-15)14-17-8-4-3-5-9-17)12-13-21(29)33-16(2)23(30)25-19-10-6-7-11-20(19)28(31)32/h3-13,16H,14H2,1-2H3,(H,25,30)/b13-12+. The van der Waals surface area contributed by atoms with Gasteiger partial charge in [-0.05, 0) is 31.6 Å². The Morgan fingerprint density at radius 1 is 1.21 bits per heavy atom. The molecule has 10 heteroatoms. The molecule has 33 heavy (non-hydrogen) atoms. The zero-order valence-electron chi connectivity index (χ0n) is 17.9. The number of carbonyl (C=O) groups is 2. The number of ether oxygens (including phenoxy) is 1. The van der Waals surface area contributed by atoms with E-state index in [1.54, 1.807) is 17.7 Å². The zero-order chi connectivity index (χ0) is 24.0. The number of nitro benzene ring substituents is 1. The quantitative estimate of drug-likeness (QED) is 0.227. The molecule has 1 atom stereocenters. The lowest BCUT2D eigenvalue weighted by Crippen LogP contribution is -2.29. The second-order valence-electron chi connectivity index (χ2n) is 7.11. The van der Waals surface area contributed by atoms with Crippen LogP contribution in [-0.2, 0) is 20.9 Å². The molecule has 2 aromatic carbocycles. The van der Waals surface area contributed by atoms with Gasteiger partial charge in [0.05, 0.1) is 17.2 Å². The topological polar surface area (TPSA) is 116 Å². The van der Waals surface area contributed by atoms with E-state index in [0.29, 0.717) is 23.0 Å². The Balaban J connectivity index is 1.63. The lowest BCUT2D eigenvalue weighted by atomic mass is 10.2. The van der Waals surface area contributed by atoms with Crippen LogP contribution >= 0.6 is 11.6 Å². The average molecular weight is 469 g/mol. The van der Waals surface area contributed by atoms with Crippen molar-refractivity contribution >= 4 is 40.9 Å². The highest BCUT2D eigenvalue weighted by molar-refractivity contribution is 6.31. The van der Waals surface area contributed by atoms with Gasteiger partial charge in [-0.1, -0.05) is 54.1 Å². The monoisotopic (exact) mass is 468 g/mol. The van der Waals surface area contributed by atoms with Crippen molar-refractivity contribution < 1.29 is 19.2 Å². The van der Waals surface area contributed by atoms with Gasteiger partial charge in [-0.2, -0.15) is 5.10 Å². The number of aryl methyl sites for hydroxylation is 1. The number of halogens is 1. The molecule has 0 aliphatic carbocycles. The number of hydrogen-bond acceptors (Lipinski definition) is 6. The Kier molecular flexibility index (Phi) is 7.57.